The lowest BCUT2D eigenvalue weighted by Gasteiger charge is -2.32. The van der Waals surface area contributed by atoms with E-state index in [-0.39, 0.29) is 18.7 Å². The average Bonchev–Trinajstić information content (AvgIpc) is 2.67. The van der Waals surface area contributed by atoms with Crippen LogP contribution in [0.3, 0.4) is 0 Å². The number of amides is 4. The van der Waals surface area contributed by atoms with Crippen LogP contribution in [0.15, 0.2) is 65.9 Å². The van der Waals surface area contributed by atoms with Crippen molar-refractivity contribution in [2.75, 3.05) is 25.0 Å². The maximum atomic E-state index is 12.4. The van der Waals surface area contributed by atoms with Gasteiger partial charge in [0.15, 0.2) is 0 Å². The Bertz CT molecular complexity index is 781. The lowest BCUT2D eigenvalue weighted by Crippen LogP contribution is -2.56. The lowest BCUT2D eigenvalue weighted by atomic mass is 10.1. The lowest BCUT2D eigenvalue weighted by molar-refractivity contribution is -0.135. The van der Waals surface area contributed by atoms with E-state index < -0.39 is 17.8 Å². The predicted octanol–water partition coefficient (Wildman–Crippen LogP) is 3.34. The fraction of sp³-hybridized carbons (Fsp3) is 0.286. The van der Waals surface area contributed by atoms with Gasteiger partial charge in [-0.15, -0.1) is 0 Å². The Morgan fingerprint density at radius 1 is 1.00 bits per heavy atom. The number of likely N-dealkylation sites (N-methyl/N-ethyl adjacent to an activating group) is 2. The van der Waals surface area contributed by atoms with Crippen molar-refractivity contribution in [3.05, 3.63) is 65.9 Å². The van der Waals surface area contributed by atoms with Crippen molar-refractivity contribution in [3.63, 3.8) is 0 Å². The number of carbonyl (C=O) groups is 3. The minimum Gasteiger partial charge on any atom is -0.351 e. The molecule has 1 aliphatic heterocycles. The van der Waals surface area contributed by atoms with Crippen LogP contribution in [0.5, 0.6) is 0 Å². The van der Waals surface area contributed by atoms with Gasteiger partial charge in [-0.1, -0.05) is 24.3 Å². The number of rotatable bonds is 6. The molecule has 142 valence electrons. The third-order valence-corrected chi connectivity index (χ3v) is 4.28. The Morgan fingerprint density at radius 3 is 2.07 bits per heavy atom. The second-order valence-corrected chi connectivity index (χ2v) is 6.13. The smallest absolute Gasteiger partial charge is 0.333 e. The quantitative estimate of drug-likeness (QED) is 0.440. The Morgan fingerprint density at radius 2 is 1.56 bits per heavy atom. The SMILES string of the molecule is CCN1C(=O)C(=C/C=C(C)\C=C/N(C)c2ccccc2)C(=O)N(CC)C1=O. The summed E-state index contributed by atoms with van der Waals surface area (Å²) in [5, 5.41) is 0. The molecule has 1 aliphatic rings. The summed E-state index contributed by atoms with van der Waals surface area (Å²) < 4.78 is 0. The maximum absolute atomic E-state index is 12.4. The van der Waals surface area contributed by atoms with Crippen molar-refractivity contribution in [1.29, 1.82) is 0 Å². The largest absolute Gasteiger partial charge is 0.351 e. The van der Waals surface area contributed by atoms with Gasteiger partial charge in [0.1, 0.15) is 5.57 Å². The molecule has 0 atom stereocenters. The Kier molecular flexibility index (Phi) is 6.71. The van der Waals surface area contributed by atoms with Crippen molar-refractivity contribution < 1.29 is 14.4 Å². The van der Waals surface area contributed by atoms with Gasteiger partial charge in [-0.3, -0.25) is 19.4 Å². The molecule has 0 bridgehead atoms. The van der Waals surface area contributed by atoms with Crippen LogP contribution in [0.2, 0.25) is 0 Å². The molecule has 0 unspecified atom stereocenters. The summed E-state index contributed by atoms with van der Waals surface area (Å²) in [5.41, 5.74) is 1.92. The molecule has 1 fully saturated rings. The van der Waals surface area contributed by atoms with E-state index >= 15 is 0 Å². The first-order valence-corrected chi connectivity index (χ1v) is 8.93. The number of hydrogen-bond donors (Lipinski definition) is 0. The molecule has 1 heterocycles. The molecule has 0 radical (unpaired) electrons. The van der Waals surface area contributed by atoms with Gasteiger partial charge >= 0.3 is 6.03 Å². The highest BCUT2D eigenvalue weighted by molar-refractivity contribution is 6.28. The number of barbiturate groups is 1. The molecule has 27 heavy (non-hydrogen) atoms. The Hall–Kier alpha value is -3.15. The van der Waals surface area contributed by atoms with Crippen LogP contribution in [0.25, 0.3) is 0 Å². The number of hydrogen-bond acceptors (Lipinski definition) is 4. The number of allylic oxidation sites excluding steroid dienone is 4. The van der Waals surface area contributed by atoms with Crippen LogP contribution >= 0.6 is 0 Å². The third kappa shape index (κ3) is 4.53. The molecule has 0 spiro atoms. The highest BCUT2D eigenvalue weighted by Crippen LogP contribution is 2.18. The van der Waals surface area contributed by atoms with Gasteiger partial charge in [0.05, 0.1) is 0 Å². The Balaban J connectivity index is 2.20. The fourth-order valence-corrected chi connectivity index (χ4v) is 2.65. The molecular weight excluding hydrogens is 342 g/mol. The van der Waals surface area contributed by atoms with Crippen molar-refractivity contribution in [3.8, 4) is 0 Å². The van der Waals surface area contributed by atoms with Crippen LogP contribution in [0.1, 0.15) is 20.8 Å². The molecule has 0 aromatic heterocycles. The normalized spacial score (nSPS) is 15.8. The second-order valence-electron chi connectivity index (χ2n) is 6.13. The highest BCUT2D eigenvalue weighted by atomic mass is 16.2. The highest BCUT2D eigenvalue weighted by Gasteiger charge is 2.39. The number of imide groups is 2. The minimum absolute atomic E-state index is 0.00228. The maximum Gasteiger partial charge on any atom is 0.333 e. The van der Waals surface area contributed by atoms with Crippen molar-refractivity contribution >= 4 is 23.5 Å². The van der Waals surface area contributed by atoms with E-state index in [1.54, 1.807) is 19.9 Å². The van der Waals surface area contributed by atoms with Crippen molar-refractivity contribution in [1.82, 2.24) is 9.80 Å². The topological polar surface area (TPSA) is 60.9 Å². The van der Waals surface area contributed by atoms with E-state index in [1.807, 2.05) is 61.5 Å². The zero-order valence-corrected chi connectivity index (χ0v) is 16.2. The van der Waals surface area contributed by atoms with Gasteiger partial charge in [0.25, 0.3) is 11.8 Å². The Labute approximate surface area is 160 Å². The van der Waals surface area contributed by atoms with Crippen molar-refractivity contribution in [2.45, 2.75) is 20.8 Å². The fourth-order valence-electron chi connectivity index (χ4n) is 2.65. The van der Waals surface area contributed by atoms with Gasteiger partial charge in [-0.25, -0.2) is 4.79 Å². The summed E-state index contributed by atoms with van der Waals surface area (Å²) in [5.74, 6) is -1.10. The number of urea groups is 1. The summed E-state index contributed by atoms with van der Waals surface area (Å²) >= 11 is 0. The molecule has 2 rings (SSSR count). The molecule has 1 aromatic rings. The molecule has 4 amide bonds. The molecule has 1 aromatic carbocycles. The first-order valence-electron chi connectivity index (χ1n) is 8.93. The molecule has 0 saturated carbocycles. The monoisotopic (exact) mass is 367 g/mol. The van der Waals surface area contributed by atoms with Gasteiger partial charge in [-0.2, -0.15) is 0 Å². The molecule has 1 saturated heterocycles. The summed E-state index contributed by atoms with van der Waals surface area (Å²) in [7, 11) is 1.94. The average molecular weight is 367 g/mol. The summed E-state index contributed by atoms with van der Waals surface area (Å²) in [6, 6.07) is 9.33. The number of para-hydroxylation sites is 1. The van der Waals surface area contributed by atoms with E-state index in [9.17, 15) is 14.4 Å². The van der Waals surface area contributed by atoms with Gasteiger partial charge in [0, 0.05) is 32.0 Å². The number of benzene rings is 1. The molecule has 6 nitrogen and oxygen atoms in total. The molecular formula is C21H25N3O3. The zero-order valence-electron chi connectivity index (χ0n) is 16.2. The van der Waals surface area contributed by atoms with Crippen LogP contribution in [-0.4, -0.2) is 47.8 Å². The number of carbonyl (C=O) groups excluding carboxylic acids is 3. The molecule has 0 aliphatic carbocycles. The molecule has 6 heteroatoms. The van der Waals surface area contributed by atoms with E-state index in [4.69, 9.17) is 0 Å². The zero-order chi connectivity index (χ0) is 20.0. The van der Waals surface area contributed by atoms with Crippen LogP contribution in [0.4, 0.5) is 10.5 Å². The summed E-state index contributed by atoms with van der Waals surface area (Å²) in [6.45, 7) is 5.75. The van der Waals surface area contributed by atoms with Gasteiger partial charge in [-0.05, 0) is 50.6 Å². The van der Waals surface area contributed by atoms with E-state index in [1.165, 1.54) is 6.08 Å². The predicted molar refractivity (Wildman–Crippen MR) is 106 cm³/mol. The van der Waals surface area contributed by atoms with Gasteiger partial charge < -0.3 is 4.90 Å². The van der Waals surface area contributed by atoms with Gasteiger partial charge in [0.2, 0.25) is 0 Å². The second kappa shape index (κ2) is 8.98. The van der Waals surface area contributed by atoms with E-state index in [0.717, 1.165) is 21.1 Å². The van der Waals surface area contributed by atoms with Crippen LogP contribution < -0.4 is 4.90 Å². The third-order valence-electron chi connectivity index (χ3n) is 4.28. The van der Waals surface area contributed by atoms with Crippen molar-refractivity contribution in [2.24, 2.45) is 0 Å². The first-order chi connectivity index (χ1) is 12.9. The van der Waals surface area contributed by atoms with Crippen LogP contribution in [-0.2, 0) is 9.59 Å². The summed E-state index contributed by atoms with van der Waals surface area (Å²) in [4.78, 5) is 41.2. The molecule has 0 N–H and O–H groups in total. The first kappa shape index (κ1) is 20.2. The standard InChI is InChI=1S/C21H25N3O3/c1-5-23-19(25)18(20(26)24(6-2)21(23)27)13-12-16(3)14-15-22(4)17-10-8-7-9-11-17/h7-15H,5-6H2,1-4H3/b15-14-,16-12-. The van der Waals surface area contributed by atoms with E-state index in [2.05, 4.69) is 0 Å². The summed E-state index contributed by atoms with van der Waals surface area (Å²) in [6.07, 6.45) is 7.00. The number of anilines is 1. The van der Waals surface area contributed by atoms with Crippen LogP contribution in [0, 0.1) is 0 Å². The van der Waals surface area contributed by atoms with E-state index in [0.29, 0.717) is 0 Å². The minimum atomic E-state index is -0.558. The number of nitrogens with zero attached hydrogens (tertiary/aromatic N) is 3.